The Morgan fingerprint density at radius 1 is 1.32 bits per heavy atom. The number of primary amides is 1. The summed E-state index contributed by atoms with van der Waals surface area (Å²) in [6.07, 6.45) is 5.11. The van der Waals surface area contributed by atoms with Gasteiger partial charge in [0.05, 0.1) is 23.8 Å². The van der Waals surface area contributed by atoms with Crippen molar-refractivity contribution >= 4 is 11.8 Å². The van der Waals surface area contributed by atoms with Crippen LogP contribution in [0.1, 0.15) is 48.7 Å². The number of nitrogens with zero attached hydrogens (tertiary/aromatic N) is 3. The Kier molecular flexibility index (Phi) is 5.42. The van der Waals surface area contributed by atoms with Crippen LogP contribution in [0.4, 0.5) is 0 Å². The summed E-state index contributed by atoms with van der Waals surface area (Å²) in [6.45, 7) is 6.84. The molecule has 2 N–H and O–H groups in total. The van der Waals surface area contributed by atoms with Gasteiger partial charge in [0.2, 0.25) is 5.91 Å². The molecule has 1 aromatic rings. The van der Waals surface area contributed by atoms with Gasteiger partial charge in [-0.2, -0.15) is 5.10 Å². The van der Waals surface area contributed by atoms with Crippen LogP contribution in [0.25, 0.3) is 0 Å². The van der Waals surface area contributed by atoms with Crippen LogP contribution in [0.5, 0.6) is 0 Å². The molecule has 0 spiro atoms. The smallest absolute Gasteiger partial charge is 0.257 e. The molecule has 0 aromatic carbocycles. The van der Waals surface area contributed by atoms with Crippen LogP contribution >= 0.6 is 0 Å². The van der Waals surface area contributed by atoms with E-state index in [1.165, 1.54) is 0 Å². The zero-order valence-corrected chi connectivity index (χ0v) is 15.1. The largest absolute Gasteiger partial charge is 0.377 e. The topological polar surface area (TPSA) is 90.4 Å². The number of piperidine rings is 1. The summed E-state index contributed by atoms with van der Waals surface area (Å²) in [7, 11) is 0. The number of rotatable bonds is 5. The zero-order chi connectivity index (χ0) is 18.0. The van der Waals surface area contributed by atoms with E-state index in [4.69, 9.17) is 10.5 Å². The molecule has 0 unspecified atom stereocenters. The molecule has 2 atom stereocenters. The molecule has 7 nitrogen and oxygen atoms in total. The number of ether oxygens (including phenoxy) is 1. The van der Waals surface area contributed by atoms with E-state index in [1.807, 2.05) is 23.4 Å². The number of likely N-dealkylation sites (tertiary alicyclic amines) is 1. The van der Waals surface area contributed by atoms with Crippen molar-refractivity contribution in [3.8, 4) is 0 Å². The van der Waals surface area contributed by atoms with Gasteiger partial charge >= 0.3 is 0 Å². The Balaban J connectivity index is 1.54. The Morgan fingerprint density at radius 3 is 2.64 bits per heavy atom. The predicted molar refractivity (Wildman–Crippen MR) is 92.9 cm³/mol. The number of carbonyl (C=O) groups is 2. The molecule has 2 aliphatic rings. The first kappa shape index (κ1) is 17.9. The van der Waals surface area contributed by atoms with Crippen LogP contribution in [0, 0.1) is 18.8 Å². The molecule has 0 saturated carbocycles. The van der Waals surface area contributed by atoms with Gasteiger partial charge < -0.3 is 15.4 Å². The molecule has 25 heavy (non-hydrogen) atoms. The van der Waals surface area contributed by atoms with Gasteiger partial charge in [0, 0.05) is 31.9 Å². The fourth-order valence-corrected chi connectivity index (χ4v) is 4.05. The second kappa shape index (κ2) is 7.56. The summed E-state index contributed by atoms with van der Waals surface area (Å²) in [5.41, 5.74) is 7.10. The van der Waals surface area contributed by atoms with E-state index in [-0.39, 0.29) is 23.8 Å². The van der Waals surface area contributed by atoms with Crippen molar-refractivity contribution in [3.05, 3.63) is 17.5 Å². The Hall–Kier alpha value is -1.89. The fourth-order valence-electron chi connectivity index (χ4n) is 4.05. The normalized spacial score (nSPS) is 24.6. The molecule has 1 aromatic heterocycles. The van der Waals surface area contributed by atoms with Crippen LogP contribution in [0.15, 0.2) is 6.20 Å². The highest BCUT2D eigenvalue weighted by Crippen LogP contribution is 2.31. The van der Waals surface area contributed by atoms with E-state index in [9.17, 15) is 9.59 Å². The lowest BCUT2D eigenvalue weighted by molar-refractivity contribution is -0.123. The summed E-state index contributed by atoms with van der Waals surface area (Å²) >= 11 is 0. The lowest BCUT2D eigenvalue weighted by Crippen LogP contribution is -2.40. The van der Waals surface area contributed by atoms with Gasteiger partial charge in [0.15, 0.2) is 0 Å². The number of amides is 2. The van der Waals surface area contributed by atoms with Crippen molar-refractivity contribution in [2.45, 2.75) is 52.2 Å². The number of aryl methyl sites for hydroxylation is 1. The third-order valence-electron chi connectivity index (χ3n) is 5.68. The molecule has 0 radical (unpaired) electrons. The highest BCUT2D eigenvalue weighted by Gasteiger charge is 2.35. The van der Waals surface area contributed by atoms with Crippen LogP contribution < -0.4 is 5.73 Å². The number of hydrogen-bond acceptors (Lipinski definition) is 4. The van der Waals surface area contributed by atoms with E-state index in [0.29, 0.717) is 18.1 Å². The number of aromatic nitrogens is 2. The van der Waals surface area contributed by atoms with E-state index in [0.717, 1.165) is 51.0 Å². The molecular formula is C18H28N4O3. The molecule has 2 amide bonds. The fraction of sp³-hybridized carbons (Fsp3) is 0.722. The van der Waals surface area contributed by atoms with Crippen molar-refractivity contribution in [2.75, 3.05) is 19.7 Å². The minimum absolute atomic E-state index is 0.0465. The van der Waals surface area contributed by atoms with E-state index in [1.54, 1.807) is 6.20 Å². The Bertz CT molecular complexity index is 634. The van der Waals surface area contributed by atoms with Gasteiger partial charge in [-0.25, -0.2) is 0 Å². The maximum absolute atomic E-state index is 12.7. The molecule has 0 bridgehead atoms. The Morgan fingerprint density at radius 2 is 2.04 bits per heavy atom. The van der Waals surface area contributed by atoms with Crippen LogP contribution in [-0.2, 0) is 16.1 Å². The molecule has 2 fully saturated rings. The highest BCUT2D eigenvalue weighted by molar-refractivity contribution is 5.95. The highest BCUT2D eigenvalue weighted by atomic mass is 16.5. The average Bonchev–Trinajstić information content (AvgIpc) is 3.21. The molecule has 3 heterocycles. The summed E-state index contributed by atoms with van der Waals surface area (Å²) in [5, 5.41) is 4.27. The van der Waals surface area contributed by atoms with Crippen molar-refractivity contribution < 1.29 is 14.3 Å². The predicted octanol–water partition coefficient (Wildman–Crippen LogP) is 1.34. The lowest BCUT2D eigenvalue weighted by atomic mass is 9.86. The molecule has 7 heteroatoms. The minimum Gasteiger partial charge on any atom is -0.377 e. The number of hydrogen-bond donors (Lipinski definition) is 1. The molecule has 2 aliphatic heterocycles. The second-order valence-electron chi connectivity index (χ2n) is 7.14. The molecule has 3 rings (SSSR count). The monoisotopic (exact) mass is 348 g/mol. The number of carbonyl (C=O) groups excluding carboxylic acids is 2. The summed E-state index contributed by atoms with van der Waals surface area (Å²) < 4.78 is 7.56. The van der Waals surface area contributed by atoms with E-state index >= 15 is 0 Å². The van der Waals surface area contributed by atoms with Gasteiger partial charge in [0.25, 0.3) is 5.91 Å². The lowest BCUT2D eigenvalue weighted by Gasteiger charge is -2.33. The number of nitrogens with two attached hydrogens (primary N) is 1. The molecule has 2 saturated heterocycles. The summed E-state index contributed by atoms with van der Waals surface area (Å²) in [4.78, 5) is 26.1. The van der Waals surface area contributed by atoms with E-state index < -0.39 is 0 Å². The van der Waals surface area contributed by atoms with Gasteiger partial charge in [-0.1, -0.05) is 0 Å². The van der Waals surface area contributed by atoms with Crippen molar-refractivity contribution in [1.29, 1.82) is 0 Å². The van der Waals surface area contributed by atoms with Crippen LogP contribution in [0.2, 0.25) is 0 Å². The van der Waals surface area contributed by atoms with Gasteiger partial charge in [0.1, 0.15) is 0 Å². The zero-order valence-electron chi connectivity index (χ0n) is 15.1. The summed E-state index contributed by atoms with van der Waals surface area (Å²) in [6, 6.07) is 0. The Labute approximate surface area is 148 Å². The first-order valence-electron chi connectivity index (χ1n) is 9.23. The van der Waals surface area contributed by atoms with Gasteiger partial charge in [-0.15, -0.1) is 0 Å². The van der Waals surface area contributed by atoms with E-state index in [2.05, 4.69) is 5.10 Å². The maximum atomic E-state index is 12.7. The average molecular weight is 348 g/mol. The first-order valence-corrected chi connectivity index (χ1v) is 9.23. The standard InChI is InChI=1S/C18H28N4O3/c1-3-22-12(2)15(11-20-22)18(24)21-7-4-13(5-8-21)10-16-14(17(19)23)6-9-25-16/h11,13-14,16H,3-10H2,1-2H3,(H2,19,23)/t14-,16-/m1/s1. The van der Waals surface area contributed by atoms with Crippen molar-refractivity contribution in [3.63, 3.8) is 0 Å². The van der Waals surface area contributed by atoms with Crippen molar-refractivity contribution in [1.82, 2.24) is 14.7 Å². The second-order valence-corrected chi connectivity index (χ2v) is 7.14. The van der Waals surface area contributed by atoms with Crippen LogP contribution in [-0.4, -0.2) is 52.3 Å². The molecule has 0 aliphatic carbocycles. The van der Waals surface area contributed by atoms with Crippen molar-refractivity contribution in [2.24, 2.45) is 17.6 Å². The third kappa shape index (κ3) is 3.71. The first-order chi connectivity index (χ1) is 12.0. The summed E-state index contributed by atoms with van der Waals surface area (Å²) in [5.74, 6) is 0.150. The minimum atomic E-state index is -0.251. The maximum Gasteiger partial charge on any atom is 0.257 e. The third-order valence-corrected chi connectivity index (χ3v) is 5.68. The van der Waals surface area contributed by atoms with Gasteiger partial charge in [-0.05, 0) is 45.4 Å². The molecule has 138 valence electrons. The quantitative estimate of drug-likeness (QED) is 0.869. The van der Waals surface area contributed by atoms with Crippen LogP contribution in [0.3, 0.4) is 0 Å². The molecular weight excluding hydrogens is 320 g/mol. The van der Waals surface area contributed by atoms with Gasteiger partial charge in [-0.3, -0.25) is 14.3 Å². The SMILES string of the molecule is CCn1ncc(C(=O)N2CCC(C[C@H]3OCC[C@H]3C(N)=O)CC2)c1C.